The molecule has 0 spiro atoms. The Morgan fingerprint density at radius 1 is 1.38 bits per heavy atom. The Bertz CT molecular complexity index is 479. The smallest absolute Gasteiger partial charge is 0.224 e. The molecule has 1 aromatic rings. The van der Waals surface area contributed by atoms with Crippen LogP contribution in [-0.2, 0) is 4.79 Å². The molecule has 0 saturated carbocycles. The molecule has 4 heteroatoms. The number of nitrogens with one attached hydrogen (secondary N) is 1. The third-order valence-corrected chi connectivity index (χ3v) is 4.28. The van der Waals surface area contributed by atoms with Gasteiger partial charge in [-0.15, -0.1) is 0 Å². The maximum atomic E-state index is 12.0. The largest absolute Gasteiger partial charge is 0.399 e. The van der Waals surface area contributed by atoms with Gasteiger partial charge in [0.15, 0.2) is 0 Å². The minimum Gasteiger partial charge on any atom is -0.399 e. The fourth-order valence-electron chi connectivity index (χ4n) is 2.79. The lowest BCUT2D eigenvalue weighted by molar-refractivity contribution is -0.116. The van der Waals surface area contributed by atoms with E-state index in [9.17, 15) is 4.79 Å². The number of hydrogen-bond acceptors (Lipinski definition) is 3. The molecule has 0 radical (unpaired) electrons. The van der Waals surface area contributed by atoms with Gasteiger partial charge in [-0.2, -0.15) is 0 Å². The normalized spacial score (nSPS) is 16.9. The highest BCUT2D eigenvalue weighted by molar-refractivity contribution is 5.91. The molecule has 0 aromatic heterocycles. The van der Waals surface area contributed by atoms with Crippen LogP contribution < -0.4 is 11.1 Å². The monoisotopic (exact) mass is 289 g/mol. The highest BCUT2D eigenvalue weighted by Crippen LogP contribution is 2.18. The van der Waals surface area contributed by atoms with Gasteiger partial charge in [0.1, 0.15) is 0 Å². The molecule has 0 bridgehead atoms. The highest BCUT2D eigenvalue weighted by Gasteiger charge is 2.15. The van der Waals surface area contributed by atoms with E-state index in [1.165, 1.54) is 25.9 Å². The number of nitrogens with zero attached hydrogens (tertiary/aromatic N) is 1. The fourth-order valence-corrected chi connectivity index (χ4v) is 2.79. The van der Waals surface area contributed by atoms with Crippen LogP contribution in [0.15, 0.2) is 18.2 Å². The van der Waals surface area contributed by atoms with Crippen LogP contribution in [0.5, 0.6) is 0 Å². The fraction of sp³-hybridized carbons (Fsp3) is 0.588. The van der Waals surface area contributed by atoms with Crippen LogP contribution in [-0.4, -0.2) is 30.4 Å². The van der Waals surface area contributed by atoms with E-state index in [-0.39, 0.29) is 5.91 Å². The molecule has 1 amide bonds. The zero-order valence-electron chi connectivity index (χ0n) is 13.2. The molecule has 116 valence electrons. The van der Waals surface area contributed by atoms with E-state index in [0.29, 0.717) is 6.42 Å². The summed E-state index contributed by atoms with van der Waals surface area (Å²) in [7, 11) is 0. The quantitative estimate of drug-likeness (QED) is 0.819. The van der Waals surface area contributed by atoms with Gasteiger partial charge in [-0.05, 0) is 75.5 Å². The van der Waals surface area contributed by atoms with E-state index in [1.54, 1.807) is 0 Å². The third kappa shape index (κ3) is 5.05. The number of aryl methyl sites for hydroxylation is 1. The van der Waals surface area contributed by atoms with E-state index < -0.39 is 0 Å². The maximum absolute atomic E-state index is 12.0. The van der Waals surface area contributed by atoms with Crippen LogP contribution in [0.3, 0.4) is 0 Å². The minimum absolute atomic E-state index is 0.0910. The average Bonchev–Trinajstić information content (AvgIpc) is 2.44. The summed E-state index contributed by atoms with van der Waals surface area (Å²) < 4.78 is 0. The molecular formula is C17H27N3O. The van der Waals surface area contributed by atoms with Crippen molar-refractivity contribution in [2.75, 3.05) is 30.7 Å². The molecule has 0 aliphatic carbocycles. The van der Waals surface area contributed by atoms with Crippen molar-refractivity contribution < 1.29 is 4.79 Å². The Hall–Kier alpha value is -1.55. The summed E-state index contributed by atoms with van der Waals surface area (Å²) in [4.78, 5) is 14.5. The van der Waals surface area contributed by atoms with Crippen LogP contribution in [0.4, 0.5) is 11.4 Å². The Labute approximate surface area is 127 Å². The first-order valence-electron chi connectivity index (χ1n) is 7.93. The SMILES string of the molecule is Cc1cc(N)ccc1NC(=O)CCCN1CCC(C)CC1. The molecule has 1 aromatic carbocycles. The third-order valence-electron chi connectivity index (χ3n) is 4.28. The number of piperidine rings is 1. The number of likely N-dealkylation sites (tertiary alicyclic amines) is 1. The Kier molecular flexibility index (Phi) is 5.62. The van der Waals surface area contributed by atoms with Crippen molar-refractivity contribution in [1.82, 2.24) is 4.90 Å². The molecular weight excluding hydrogens is 262 g/mol. The number of rotatable bonds is 5. The molecule has 2 rings (SSSR count). The second-order valence-corrected chi connectivity index (χ2v) is 6.25. The van der Waals surface area contributed by atoms with Gasteiger partial charge in [0.05, 0.1) is 0 Å². The van der Waals surface area contributed by atoms with Gasteiger partial charge in [0.2, 0.25) is 5.91 Å². The second-order valence-electron chi connectivity index (χ2n) is 6.25. The molecule has 1 aliphatic rings. The summed E-state index contributed by atoms with van der Waals surface area (Å²) in [6.45, 7) is 7.67. The Balaban J connectivity index is 1.70. The standard InChI is InChI=1S/C17H27N3O/c1-13-7-10-20(11-8-13)9-3-4-17(21)19-16-6-5-15(18)12-14(16)2/h5-6,12-13H,3-4,7-11,18H2,1-2H3,(H,19,21). The van der Waals surface area contributed by atoms with Gasteiger partial charge in [-0.3, -0.25) is 4.79 Å². The molecule has 21 heavy (non-hydrogen) atoms. The molecule has 1 aliphatic heterocycles. The first-order chi connectivity index (χ1) is 10.0. The van der Waals surface area contributed by atoms with Gasteiger partial charge in [0, 0.05) is 17.8 Å². The molecule has 0 atom stereocenters. The first kappa shape index (κ1) is 15.8. The number of carbonyl (C=O) groups is 1. The van der Waals surface area contributed by atoms with Crippen molar-refractivity contribution in [2.24, 2.45) is 5.92 Å². The number of nitrogens with two attached hydrogens (primary N) is 1. The summed E-state index contributed by atoms with van der Waals surface area (Å²) >= 11 is 0. The van der Waals surface area contributed by atoms with Crippen LogP contribution in [0.1, 0.15) is 38.2 Å². The zero-order valence-corrected chi connectivity index (χ0v) is 13.2. The van der Waals surface area contributed by atoms with Gasteiger partial charge in [-0.25, -0.2) is 0 Å². The predicted molar refractivity (Wildman–Crippen MR) is 88.3 cm³/mol. The number of benzene rings is 1. The Morgan fingerprint density at radius 3 is 2.76 bits per heavy atom. The van der Waals surface area contributed by atoms with E-state index in [1.807, 2.05) is 25.1 Å². The van der Waals surface area contributed by atoms with Crippen molar-refractivity contribution in [3.63, 3.8) is 0 Å². The summed E-state index contributed by atoms with van der Waals surface area (Å²) in [6, 6.07) is 5.57. The van der Waals surface area contributed by atoms with E-state index in [4.69, 9.17) is 5.73 Å². The lowest BCUT2D eigenvalue weighted by Gasteiger charge is -2.30. The molecule has 1 fully saturated rings. The van der Waals surface area contributed by atoms with E-state index in [2.05, 4.69) is 17.1 Å². The molecule has 3 N–H and O–H groups in total. The number of anilines is 2. The number of carbonyl (C=O) groups excluding carboxylic acids is 1. The lowest BCUT2D eigenvalue weighted by Crippen LogP contribution is -2.33. The second kappa shape index (κ2) is 7.46. The van der Waals surface area contributed by atoms with Crippen molar-refractivity contribution in [3.8, 4) is 0 Å². The number of hydrogen-bond donors (Lipinski definition) is 2. The minimum atomic E-state index is 0.0910. The zero-order chi connectivity index (χ0) is 15.2. The van der Waals surface area contributed by atoms with Crippen molar-refractivity contribution in [3.05, 3.63) is 23.8 Å². The van der Waals surface area contributed by atoms with E-state index in [0.717, 1.165) is 35.8 Å². The average molecular weight is 289 g/mol. The summed E-state index contributed by atoms with van der Waals surface area (Å²) in [6.07, 6.45) is 4.08. The summed E-state index contributed by atoms with van der Waals surface area (Å²) in [5, 5.41) is 2.97. The highest BCUT2D eigenvalue weighted by atomic mass is 16.1. The molecule has 0 unspecified atom stereocenters. The summed E-state index contributed by atoms with van der Waals surface area (Å²) in [5.74, 6) is 0.950. The maximum Gasteiger partial charge on any atom is 0.224 e. The summed E-state index contributed by atoms with van der Waals surface area (Å²) in [5.41, 5.74) is 8.31. The number of amides is 1. The first-order valence-corrected chi connectivity index (χ1v) is 7.93. The van der Waals surface area contributed by atoms with Crippen LogP contribution >= 0.6 is 0 Å². The van der Waals surface area contributed by atoms with Gasteiger partial charge < -0.3 is 16.0 Å². The van der Waals surface area contributed by atoms with Crippen LogP contribution in [0, 0.1) is 12.8 Å². The molecule has 4 nitrogen and oxygen atoms in total. The van der Waals surface area contributed by atoms with Gasteiger partial charge in [0.25, 0.3) is 0 Å². The Morgan fingerprint density at radius 2 is 2.10 bits per heavy atom. The number of nitrogen functional groups attached to an aromatic ring is 1. The van der Waals surface area contributed by atoms with Crippen LogP contribution in [0.25, 0.3) is 0 Å². The van der Waals surface area contributed by atoms with Crippen molar-refractivity contribution in [1.29, 1.82) is 0 Å². The predicted octanol–water partition coefficient (Wildman–Crippen LogP) is 3.03. The topological polar surface area (TPSA) is 58.4 Å². The lowest BCUT2D eigenvalue weighted by atomic mass is 9.99. The van der Waals surface area contributed by atoms with Gasteiger partial charge >= 0.3 is 0 Å². The van der Waals surface area contributed by atoms with Crippen molar-refractivity contribution in [2.45, 2.75) is 39.5 Å². The van der Waals surface area contributed by atoms with Crippen molar-refractivity contribution >= 4 is 17.3 Å². The molecule has 1 saturated heterocycles. The van der Waals surface area contributed by atoms with Gasteiger partial charge in [-0.1, -0.05) is 6.92 Å². The van der Waals surface area contributed by atoms with E-state index >= 15 is 0 Å². The van der Waals surface area contributed by atoms with Crippen LogP contribution in [0.2, 0.25) is 0 Å². The molecule has 1 heterocycles.